The van der Waals surface area contributed by atoms with Crippen LogP contribution in [-0.4, -0.2) is 56.2 Å². The molecule has 140 valence electrons. The molecule has 0 radical (unpaired) electrons. The van der Waals surface area contributed by atoms with E-state index in [0.717, 1.165) is 0 Å². The average molecular weight is 380 g/mol. The molecule has 0 amide bonds. The Labute approximate surface area is 135 Å². The molecule has 0 bridgehead atoms. The van der Waals surface area contributed by atoms with Gasteiger partial charge < -0.3 is 14.2 Å². The van der Waals surface area contributed by atoms with Crippen LogP contribution in [0.1, 0.15) is 19.3 Å². The van der Waals surface area contributed by atoms with Crippen LogP contribution in [-0.2, 0) is 29.1 Å². The molecule has 0 aliphatic carbocycles. The maximum Gasteiger partial charge on any atom is 0.431 e. The maximum atomic E-state index is 13.2. The molecule has 0 aromatic rings. The van der Waals surface area contributed by atoms with Crippen LogP contribution in [0.4, 0.5) is 17.6 Å². The molecule has 1 fully saturated rings. The molecule has 1 atom stereocenters. The summed E-state index contributed by atoms with van der Waals surface area (Å²) in [7, 11) is -6.28. The van der Waals surface area contributed by atoms with E-state index < -0.39 is 53.2 Å². The average Bonchev–Trinajstić information content (AvgIpc) is 2.94. The van der Waals surface area contributed by atoms with E-state index in [1.54, 1.807) is 0 Å². The highest BCUT2D eigenvalue weighted by Gasteiger charge is 2.65. The van der Waals surface area contributed by atoms with Gasteiger partial charge in [0.2, 0.25) is 6.29 Å². The van der Waals surface area contributed by atoms with E-state index in [9.17, 15) is 30.8 Å². The third-order valence-electron chi connectivity index (χ3n) is 3.00. The molecule has 1 aliphatic rings. The summed E-state index contributed by atoms with van der Waals surface area (Å²) in [6.45, 7) is 2.13. The van der Waals surface area contributed by atoms with Crippen molar-refractivity contribution in [3.63, 3.8) is 0 Å². The number of alkyl halides is 4. The molecular formula is C12H16F4O7S. The summed E-state index contributed by atoms with van der Waals surface area (Å²) in [5, 5.41) is -5.65. The van der Waals surface area contributed by atoms with E-state index in [2.05, 4.69) is 11.3 Å². The predicted molar refractivity (Wildman–Crippen MR) is 71.1 cm³/mol. The number of esters is 1. The van der Waals surface area contributed by atoms with Gasteiger partial charge in [0, 0.05) is 12.8 Å². The fraction of sp³-hybridized carbons (Fsp3) is 0.750. The molecule has 24 heavy (non-hydrogen) atoms. The number of halogens is 4. The second kappa shape index (κ2) is 7.76. The Kier molecular flexibility index (Phi) is 6.73. The zero-order valence-corrected chi connectivity index (χ0v) is 13.2. The van der Waals surface area contributed by atoms with Gasteiger partial charge in [-0.25, -0.2) is 4.79 Å². The van der Waals surface area contributed by atoms with Gasteiger partial charge in [-0.05, 0) is 6.42 Å². The van der Waals surface area contributed by atoms with Gasteiger partial charge in [0.05, 0.1) is 25.4 Å². The first-order valence-corrected chi connectivity index (χ1v) is 8.13. The Morgan fingerprint density at radius 3 is 2.46 bits per heavy atom. The van der Waals surface area contributed by atoms with E-state index in [1.807, 2.05) is 0 Å². The molecule has 1 unspecified atom stereocenters. The second-order valence-corrected chi connectivity index (χ2v) is 6.41. The number of hydrogen-bond acceptors (Lipinski definition) is 6. The maximum absolute atomic E-state index is 13.2. The summed E-state index contributed by atoms with van der Waals surface area (Å²) < 4.78 is 95.3. The molecule has 0 aromatic carbocycles. The molecule has 0 aromatic heterocycles. The van der Waals surface area contributed by atoms with Crippen LogP contribution in [0.15, 0.2) is 12.2 Å². The normalized spacial score (nSPS) is 19.3. The summed E-state index contributed by atoms with van der Waals surface area (Å²) in [6, 6.07) is 0. The summed E-state index contributed by atoms with van der Waals surface area (Å²) in [4.78, 5) is 11.5. The zero-order chi connectivity index (χ0) is 18.6. The van der Waals surface area contributed by atoms with Crippen LogP contribution in [0.2, 0.25) is 0 Å². The molecule has 7 nitrogen and oxygen atoms in total. The molecule has 1 saturated heterocycles. The summed E-state index contributed by atoms with van der Waals surface area (Å²) >= 11 is 0. The number of ether oxygens (including phenoxy) is 3. The van der Waals surface area contributed by atoms with Gasteiger partial charge in [0.15, 0.2) is 0 Å². The summed E-state index contributed by atoms with van der Waals surface area (Å²) in [5.74, 6) is -5.95. The molecule has 1 heterocycles. The Morgan fingerprint density at radius 2 is 1.96 bits per heavy atom. The SMILES string of the molecule is C=C(COCCC(F)(F)C(F)(F)S(=O)(=O)O)C(=O)OC1CCCO1. The van der Waals surface area contributed by atoms with Crippen LogP contribution < -0.4 is 0 Å². The van der Waals surface area contributed by atoms with E-state index in [4.69, 9.17) is 14.0 Å². The van der Waals surface area contributed by atoms with Crippen molar-refractivity contribution in [1.29, 1.82) is 0 Å². The van der Waals surface area contributed by atoms with Gasteiger partial charge in [0.1, 0.15) is 0 Å². The third kappa shape index (κ3) is 5.13. The topological polar surface area (TPSA) is 99.1 Å². The minimum Gasteiger partial charge on any atom is -0.432 e. The van der Waals surface area contributed by atoms with Crippen molar-refractivity contribution in [3.8, 4) is 0 Å². The standard InChI is InChI=1S/C12H16F4O7S/c1-8(10(17)23-9-3-2-5-22-9)7-21-6-4-11(13,14)12(15,16)24(18,19)20/h9H,1-7H2,(H,18,19,20). The van der Waals surface area contributed by atoms with E-state index in [0.29, 0.717) is 19.4 Å². The van der Waals surface area contributed by atoms with Crippen molar-refractivity contribution >= 4 is 16.1 Å². The van der Waals surface area contributed by atoms with Gasteiger partial charge in [-0.15, -0.1) is 0 Å². The Morgan fingerprint density at radius 1 is 1.33 bits per heavy atom. The first-order chi connectivity index (χ1) is 10.9. The lowest BCUT2D eigenvalue weighted by atomic mass is 10.2. The second-order valence-electron chi connectivity index (χ2n) is 4.95. The van der Waals surface area contributed by atoms with Gasteiger partial charge in [0.25, 0.3) is 0 Å². The highest BCUT2D eigenvalue weighted by molar-refractivity contribution is 7.87. The highest BCUT2D eigenvalue weighted by atomic mass is 32.2. The van der Waals surface area contributed by atoms with Gasteiger partial charge in [-0.1, -0.05) is 6.58 Å². The first-order valence-electron chi connectivity index (χ1n) is 6.69. The molecule has 0 saturated carbocycles. The van der Waals surface area contributed by atoms with Crippen molar-refractivity contribution < 1.29 is 49.5 Å². The van der Waals surface area contributed by atoms with Crippen molar-refractivity contribution in [1.82, 2.24) is 0 Å². The van der Waals surface area contributed by atoms with Crippen molar-refractivity contribution in [2.45, 2.75) is 36.7 Å². The smallest absolute Gasteiger partial charge is 0.431 e. The van der Waals surface area contributed by atoms with Crippen LogP contribution in [0.5, 0.6) is 0 Å². The number of rotatable bonds is 9. The van der Waals surface area contributed by atoms with Crippen LogP contribution in [0, 0.1) is 0 Å². The van der Waals surface area contributed by atoms with Crippen LogP contribution in [0.25, 0.3) is 0 Å². The highest BCUT2D eigenvalue weighted by Crippen LogP contribution is 2.40. The van der Waals surface area contributed by atoms with E-state index in [1.165, 1.54) is 0 Å². The van der Waals surface area contributed by atoms with Crippen molar-refractivity contribution in [2.24, 2.45) is 0 Å². The first kappa shape index (κ1) is 20.8. The number of carbonyl (C=O) groups is 1. The predicted octanol–water partition coefficient (Wildman–Crippen LogP) is 1.74. The van der Waals surface area contributed by atoms with Crippen molar-refractivity contribution in [3.05, 3.63) is 12.2 Å². The monoisotopic (exact) mass is 380 g/mol. The summed E-state index contributed by atoms with van der Waals surface area (Å²) in [5.41, 5.74) is -0.254. The molecule has 1 rings (SSSR count). The Bertz CT molecular complexity index is 570. The molecule has 0 spiro atoms. The fourth-order valence-electron chi connectivity index (χ4n) is 1.63. The summed E-state index contributed by atoms with van der Waals surface area (Å²) in [6.07, 6.45) is -1.23. The van der Waals surface area contributed by atoms with Crippen LogP contribution in [0.3, 0.4) is 0 Å². The largest absolute Gasteiger partial charge is 0.432 e. The number of carbonyl (C=O) groups excluding carboxylic acids is 1. The third-order valence-corrected chi connectivity index (χ3v) is 3.95. The van der Waals surface area contributed by atoms with E-state index in [-0.39, 0.29) is 5.57 Å². The van der Waals surface area contributed by atoms with Gasteiger partial charge >= 0.3 is 27.3 Å². The van der Waals surface area contributed by atoms with Crippen LogP contribution >= 0.6 is 0 Å². The van der Waals surface area contributed by atoms with E-state index >= 15 is 0 Å². The molecule has 12 heteroatoms. The molecule has 1 aliphatic heterocycles. The lowest BCUT2D eigenvalue weighted by Crippen LogP contribution is -2.47. The molecule has 1 N–H and O–H groups in total. The number of hydrogen-bond donors (Lipinski definition) is 1. The quantitative estimate of drug-likeness (QED) is 0.214. The molecular weight excluding hydrogens is 364 g/mol. The van der Waals surface area contributed by atoms with Gasteiger partial charge in [-0.2, -0.15) is 26.0 Å². The van der Waals surface area contributed by atoms with Gasteiger partial charge in [-0.3, -0.25) is 4.55 Å². The lowest BCUT2D eigenvalue weighted by Gasteiger charge is -2.23. The minimum absolute atomic E-state index is 0.254. The minimum atomic E-state index is -6.28. The lowest BCUT2D eigenvalue weighted by molar-refractivity contribution is -0.171. The zero-order valence-electron chi connectivity index (χ0n) is 12.3. The Hall–Kier alpha value is -1.24. The van der Waals surface area contributed by atoms with Crippen molar-refractivity contribution in [2.75, 3.05) is 19.8 Å². The Balaban J connectivity index is 2.39. The fourth-order valence-corrected chi connectivity index (χ4v) is 2.11.